The molecule has 1 aromatic carbocycles. The van der Waals surface area contributed by atoms with Crippen LogP contribution in [-0.2, 0) is 4.79 Å². The molecule has 22 heavy (non-hydrogen) atoms. The van der Waals surface area contributed by atoms with E-state index in [9.17, 15) is 9.90 Å². The zero-order chi connectivity index (χ0) is 15.9. The van der Waals surface area contributed by atoms with Gasteiger partial charge in [0.25, 0.3) is 5.91 Å². The Morgan fingerprint density at radius 2 is 2.09 bits per heavy atom. The minimum absolute atomic E-state index is 0.0433. The molecule has 1 aliphatic rings. The molecule has 1 unspecified atom stereocenters. The largest absolute Gasteiger partial charge is 0.507 e. The quantitative estimate of drug-likeness (QED) is 0.806. The molecule has 0 saturated carbocycles. The minimum atomic E-state index is -0.285. The number of carbonyl (C=O) groups excluding carboxylic acids is 1. The van der Waals surface area contributed by atoms with Crippen LogP contribution < -0.4 is 5.32 Å². The van der Waals surface area contributed by atoms with Crippen molar-refractivity contribution >= 4 is 11.6 Å². The van der Waals surface area contributed by atoms with Gasteiger partial charge in [0.15, 0.2) is 0 Å². The summed E-state index contributed by atoms with van der Waals surface area (Å²) < 4.78 is 0. The Morgan fingerprint density at radius 3 is 2.82 bits per heavy atom. The fraction of sp³-hybridized carbons (Fsp3) is 0.211. The summed E-state index contributed by atoms with van der Waals surface area (Å²) in [4.78, 5) is 12.4. The third-order valence-electron chi connectivity index (χ3n) is 3.54. The Labute approximate surface area is 131 Å². The van der Waals surface area contributed by atoms with E-state index < -0.39 is 0 Å². The molecule has 0 spiro atoms. The van der Waals surface area contributed by atoms with Crippen LogP contribution >= 0.6 is 0 Å². The number of aliphatic hydroxyl groups excluding tert-OH is 1. The van der Waals surface area contributed by atoms with Crippen LogP contribution in [0.4, 0.5) is 5.69 Å². The van der Waals surface area contributed by atoms with Crippen molar-refractivity contribution in [1.82, 2.24) is 0 Å². The van der Waals surface area contributed by atoms with Crippen molar-refractivity contribution in [2.45, 2.75) is 20.3 Å². The molecule has 2 N–H and O–H groups in total. The molecule has 0 aromatic heterocycles. The highest BCUT2D eigenvalue weighted by Gasteiger charge is 2.20. The first kappa shape index (κ1) is 15.8. The van der Waals surface area contributed by atoms with E-state index >= 15 is 0 Å². The smallest absolute Gasteiger partial charge is 0.259 e. The number of hydrogen-bond acceptors (Lipinski definition) is 2. The highest BCUT2D eigenvalue weighted by atomic mass is 16.3. The maximum absolute atomic E-state index is 12.4. The number of aryl methyl sites for hydroxylation is 1. The Kier molecular flexibility index (Phi) is 5.37. The summed E-state index contributed by atoms with van der Waals surface area (Å²) in [6, 6.07) is 7.57. The molecule has 114 valence electrons. The van der Waals surface area contributed by atoms with Crippen molar-refractivity contribution in [1.29, 1.82) is 0 Å². The summed E-state index contributed by atoms with van der Waals surface area (Å²) in [5.74, 6) is -0.126. The summed E-state index contributed by atoms with van der Waals surface area (Å²) in [5, 5.41) is 12.8. The summed E-state index contributed by atoms with van der Waals surface area (Å²) in [5.41, 5.74) is 2.07. The van der Waals surface area contributed by atoms with Crippen LogP contribution in [0.1, 0.15) is 18.9 Å². The maximum Gasteiger partial charge on any atom is 0.259 e. The molecule has 2 rings (SSSR count). The zero-order valence-corrected chi connectivity index (χ0v) is 12.9. The Morgan fingerprint density at radius 1 is 1.32 bits per heavy atom. The van der Waals surface area contributed by atoms with Gasteiger partial charge in [0.05, 0.1) is 5.57 Å². The van der Waals surface area contributed by atoms with E-state index in [4.69, 9.17) is 0 Å². The second kappa shape index (κ2) is 7.46. The number of anilines is 1. The molecule has 0 heterocycles. The van der Waals surface area contributed by atoms with Gasteiger partial charge in [-0.05, 0) is 43.9 Å². The lowest BCUT2D eigenvalue weighted by molar-refractivity contribution is -0.112. The lowest BCUT2D eigenvalue weighted by atomic mass is 9.94. The highest BCUT2D eigenvalue weighted by Crippen LogP contribution is 2.24. The molecule has 0 fully saturated rings. The van der Waals surface area contributed by atoms with Crippen LogP contribution in [0.5, 0.6) is 0 Å². The van der Waals surface area contributed by atoms with Crippen molar-refractivity contribution in [2.75, 3.05) is 5.32 Å². The van der Waals surface area contributed by atoms with Gasteiger partial charge >= 0.3 is 0 Å². The van der Waals surface area contributed by atoms with E-state index in [1.54, 1.807) is 6.08 Å². The minimum Gasteiger partial charge on any atom is -0.507 e. The number of hydrogen-bond donors (Lipinski definition) is 2. The van der Waals surface area contributed by atoms with Crippen molar-refractivity contribution in [2.24, 2.45) is 5.92 Å². The van der Waals surface area contributed by atoms with Crippen LogP contribution in [0.3, 0.4) is 0 Å². The predicted octanol–water partition coefficient (Wildman–Crippen LogP) is 4.45. The monoisotopic (exact) mass is 295 g/mol. The first-order valence-electron chi connectivity index (χ1n) is 7.39. The number of para-hydroxylation sites is 1. The van der Waals surface area contributed by atoms with Crippen molar-refractivity contribution < 1.29 is 9.90 Å². The third-order valence-corrected chi connectivity index (χ3v) is 3.54. The van der Waals surface area contributed by atoms with Gasteiger partial charge in [0.2, 0.25) is 0 Å². The number of amides is 1. The van der Waals surface area contributed by atoms with E-state index in [1.165, 1.54) is 0 Å². The molecule has 1 amide bonds. The van der Waals surface area contributed by atoms with Crippen LogP contribution in [0.2, 0.25) is 0 Å². The average molecular weight is 295 g/mol. The first-order valence-corrected chi connectivity index (χ1v) is 7.39. The van der Waals surface area contributed by atoms with E-state index in [0.717, 1.165) is 11.3 Å². The SMILES string of the molecule is C/C=C\C=C/C1C=C(C(=O)Nc2ccccc2C)C(O)=CC1. The topological polar surface area (TPSA) is 49.3 Å². The maximum atomic E-state index is 12.4. The molecular weight excluding hydrogens is 274 g/mol. The lowest BCUT2D eigenvalue weighted by Gasteiger charge is -2.16. The molecule has 1 aliphatic carbocycles. The van der Waals surface area contributed by atoms with Gasteiger partial charge in [-0.15, -0.1) is 0 Å². The van der Waals surface area contributed by atoms with Crippen molar-refractivity contribution in [3.8, 4) is 0 Å². The van der Waals surface area contributed by atoms with E-state index in [2.05, 4.69) is 5.32 Å². The molecule has 3 heteroatoms. The van der Waals surface area contributed by atoms with Gasteiger partial charge < -0.3 is 10.4 Å². The number of rotatable bonds is 4. The standard InChI is InChI=1S/C19H21NO2/c1-3-4-5-9-15-11-12-18(21)16(13-15)19(22)20-17-10-7-6-8-14(17)2/h3-10,12-13,15,21H,11H2,1-2H3,(H,20,22)/b4-3-,9-5-. The molecular formula is C19H21NO2. The van der Waals surface area contributed by atoms with Gasteiger partial charge in [-0.25, -0.2) is 0 Å². The molecule has 1 atom stereocenters. The molecule has 0 bridgehead atoms. The fourth-order valence-corrected chi connectivity index (χ4v) is 2.27. The van der Waals surface area contributed by atoms with Crippen LogP contribution in [0, 0.1) is 12.8 Å². The third kappa shape index (κ3) is 3.98. The van der Waals surface area contributed by atoms with Gasteiger partial charge in [-0.3, -0.25) is 4.79 Å². The van der Waals surface area contributed by atoms with Gasteiger partial charge in [-0.2, -0.15) is 0 Å². The van der Waals surface area contributed by atoms with Crippen LogP contribution in [-0.4, -0.2) is 11.0 Å². The predicted molar refractivity (Wildman–Crippen MR) is 90.7 cm³/mol. The van der Waals surface area contributed by atoms with E-state index in [0.29, 0.717) is 12.0 Å². The van der Waals surface area contributed by atoms with Crippen molar-refractivity contribution in [3.05, 3.63) is 77.6 Å². The summed E-state index contributed by atoms with van der Waals surface area (Å²) in [6.07, 6.45) is 12.1. The van der Waals surface area contributed by atoms with Crippen LogP contribution in [0.15, 0.2) is 72.1 Å². The Hall–Kier alpha value is -2.55. The molecule has 0 saturated heterocycles. The number of allylic oxidation sites excluding steroid dienone is 6. The van der Waals surface area contributed by atoms with E-state index in [-0.39, 0.29) is 17.6 Å². The molecule has 0 aliphatic heterocycles. The summed E-state index contributed by atoms with van der Waals surface area (Å²) in [6.45, 7) is 3.89. The second-order valence-corrected chi connectivity index (χ2v) is 5.25. The average Bonchev–Trinajstić information content (AvgIpc) is 2.51. The molecule has 1 aromatic rings. The first-order chi connectivity index (χ1) is 10.6. The normalized spacial score (nSPS) is 18.4. The number of aliphatic hydroxyl groups is 1. The highest BCUT2D eigenvalue weighted by molar-refractivity contribution is 6.06. The molecule has 0 radical (unpaired) electrons. The summed E-state index contributed by atoms with van der Waals surface area (Å²) >= 11 is 0. The number of carbonyl (C=O) groups is 1. The Bertz CT molecular complexity index is 666. The van der Waals surface area contributed by atoms with Gasteiger partial charge in [0.1, 0.15) is 5.76 Å². The Balaban J connectivity index is 2.15. The molecule has 3 nitrogen and oxygen atoms in total. The lowest BCUT2D eigenvalue weighted by Crippen LogP contribution is -2.19. The zero-order valence-electron chi connectivity index (χ0n) is 12.9. The van der Waals surface area contributed by atoms with Crippen molar-refractivity contribution in [3.63, 3.8) is 0 Å². The number of nitrogens with one attached hydrogen (secondary N) is 1. The van der Waals surface area contributed by atoms with Crippen LogP contribution in [0.25, 0.3) is 0 Å². The van der Waals surface area contributed by atoms with Gasteiger partial charge in [0, 0.05) is 5.69 Å². The fourth-order valence-electron chi connectivity index (χ4n) is 2.27. The summed E-state index contributed by atoms with van der Waals surface area (Å²) in [7, 11) is 0. The van der Waals surface area contributed by atoms with E-state index in [1.807, 2.05) is 68.5 Å². The second-order valence-electron chi connectivity index (χ2n) is 5.25. The number of benzene rings is 1. The van der Waals surface area contributed by atoms with Gasteiger partial charge in [-0.1, -0.05) is 48.6 Å².